The third-order valence-corrected chi connectivity index (χ3v) is 5.48. The molecule has 3 N–H and O–H groups in total. The topological polar surface area (TPSA) is 95.1 Å². The highest BCUT2D eigenvalue weighted by molar-refractivity contribution is 7.92. The van der Waals surface area contributed by atoms with Gasteiger partial charge in [0.15, 0.2) is 0 Å². The van der Waals surface area contributed by atoms with E-state index in [1.54, 1.807) is 19.1 Å². The number of aliphatic hydroxyl groups excluding tert-OH is 1. The number of nitrogens with one attached hydrogen (secondary N) is 2. The van der Waals surface area contributed by atoms with Gasteiger partial charge in [0.1, 0.15) is 5.82 Å². The molecule has 0 aliphatic rings. The van der Waals surface area contributed by atoms with Crippen molar-refractivity contribution in [2.45, 2.75) is 13.0 Å². The van der Waals surface area contributed by atoms with E-state index in [1.165, 1.54) is 0 Å². The molecule has 6 nitrogen and oxygen atoms in total. The largest absolute Gasteiger partial charge is 0.389 e. The van der Waals surface area contributed by atoms with Gasteiger partial charge in [-0.05, 0) is 59.5 Å². The standard InChI is InChI=1S/C24H23N3O3S/c1-16(28)20-5-3-4-6-21(20)18-10-13-22-23(15-18)26-24(25-22)14-9-17-7-11-19(12-8-17)27-31(2,29)30/h3-16,27-28H,1-2H3,(H,25,26)/b14-9+. The lowest BCUT2D eigenvalue weighted by Crippen LogP contribution is -2.09. The molecule has 0 spiro atoms. The molecule has 1 heterocycles. The first-order chi connectivity index (χ1) is 14.8. The first kappa shape index (κ1) is 20.8. The third kappa shape index (κ3) is 5.02. The molecule has 0 radical (unpaired) electrons. The summed E-state index contributed by atoms with van der Waals surface area (Å²) in [5.41, 5.74) is 6.09. The van der Waals surface area contributed by atoms with Crippen molar-refractivity contribution >= 4 is 38.9 Å². The minimum absolute atomic E-state index is 0.522. The quantitative estimate of drug-likeness (QED) is 0.406. The van der Waals surface area contributed by atoms with E-state index in [9.17, 15) is 13.5 Å². The van der Waals surface area contributed by atoms with Crippen molar-refractivity contribution < 1.29 is 13.5 Å². The number of hydrogen-bond acceptors (Lipinski definition) is 4. The maximum Gasteiger partial charge on any atom is 0.229 e. The predicted molar refractivity (Wildman–Crippen MR) is 126 cm³/mol. The Morgan fingerprint density at radius 1 is 1.03 bits per heavy atom. The molecule has 0 amide bonds. The second-order valence-electron chi connectivity index (χ2n) is 7.45. The molecule has 4 aromatic rings. The number of aromatic nitrogens is 2. The molecule has 158 valence electrons. The Hall–Kier alpha value is -3.42. The fourth-order valence-electron chi connectivity index (χ4n) is 3.45. The van der Waals surface area contributed by atoms with E-state index in [4.69, 9.17) is 0 Å². The second kappa shape index (κ2) is 8.37. The highest BCUT2D eigenvalue weighted by Gasteiger charge is 2.10. The van der Waals surface area contributed by atoms with Crippen molar-refractivity contribution in [3.8, 4) is 11.1 Å². The van der Waals surface area contributed by atoms with E-state index >= 15 is 0 Å². The summed E-state index contributed by atoms with van der Waals surface area (Å²) in [5, 5.41) is 10.1. The molecule has 1 unspecified atom stereocenters. The van der Waals surface area contributed by atoms with Gasteiger partial charge in [0.25, 0.3) is 0 Å². The maximum absolute atomic E-state index is 11.3. The first-order valence-electron chi connectivity index (χ1n) is 9.81. The molecule has 1 atom stereocenters. The molecule has 0 aliphatic heterocycles. The van der Waals surface area contributed by atoms with Gasteiger partial charge in [0.05, 0.1) is 23.4 Å². The lowest BCUT2D eigenvalue weighted by molar-refractivity contribution is 0.200. The molecule has 7 heteroatoms. The molecular weight excluding hydrogens is 410 g/mol. The van der Waals surface area contributed by atoms with Crippen molar-refractivity contribution in [3.63, 3.8) is 0 Å². The smallest absolute Gasteiger partial charge is 0.229 e. The van der Waals surface area contributed by atoms with Gasteiger partial charge in [-0.2, -0.15) is 0 Å². The Labute approximate surface area is 181 Å². The summed E-state index contributed by atoms with van der Waals surface area (Å²) >= 11 is 0. The van der Waals surface area contributed by atoms with E-state index in [-0.39, 0.29) is 0 Å². The summed E-state index contributed by atoms with van der Waals surface area (Å²) in [6, 6.07) is 20.9. The van der Waals surface area contributed by atoms with Crippen LogP contribution in [0, 0.1) is 0 Å². The number of imidazole rings is 1. The third-order valence-electron chi connectivity index (χ3n) is 4.87. The van der Waals surface area contributed by atoms with Crippen LogP contribution in [0.3, 0.4) is 0 Å². The normalized spacial score (nSPS) is 13.0. The number of fused-ring (bicyclic) bond motifs is 1. The summed E-state index contributed by atoms with van der Waals surface area (Å²) in [5.74, 6) is 0.717. The zero-order valence-corrected chi connectivity index (χ0v) is 18.0. The predicted octanol–water partition coefficient (Wildman–Crippen LogP) is 4.83. The van der Waals surface area contributed by atoms with Gasteiger partial charge in [-0.1, -0.05) is 48.5 Å². The molecular formula is C24H23N3O3S. The number of anilines is 1. The van der Waals surface area contributed by atoms with E-state index in [2.05, 4.69) is 14.7 Å². The summed E-state index contributed by atoms with van der Waals surface area (Å²) < 4.78 is 25.0. The molecule has 3 aromatic carbocycles. The molecule has 1 aromatic heterocycles. The van der Waals surface area contributed by atoms with Gasteiger partial charge in [0.2, 0.25) is 10.0 Å². The molecule has 0 fully saturated rings. The lowest BCUT2D eigenvalue weighted by atomic mass is 9.96. The van der Waals surface area contributed by atoms with Gasteiger partial charge in [-0.3, -0.25) is 4.72 Å². The van der Waals surface area contributed by atoms with Crippen LogP contribution in [0.4, 0.5) is 5.69 Å². The average Bonchev–Trinajstić information content (AvgIpc) is 3.14. The van der Waals surface area contributed by atoms with Crippen molar-refractivity contribution in [2.24, 2.45) is 0 Å². The van der Waals surface area contributed by atoms with Crippen LogP contribution in [0.25, 0.3) is 34.3 Å². The average molecular weight is 434 g/mol. The van der Waals surface area contributed by atoms with Crippen LogP contribution in [-0.2, 0) is 10.0 Å². The van der Waals surface area contributed by atoms with Crippen LogP contribution in [0.1, 0.15) is 30.0 Å². The molecule has 4 rings (SSSR count). The van der Waals surface area contributed by atoms with Crippen LogP contribution < -0.4 is 4.72 Å². The van der Waals surface area contributed by atoms with Crippen LogP contribution >= 0.6 is 0 Å². The highest BCUT2D eigenvalue weighted by atomic mass is 32.2. The van der Waals surface area contributed by atoms with Crippen molar-refractivity contribution in [1.29, 1.82) is 0 Å². The zero-order chi connectivity index (χ0) is 22.0. The second-order valence-corrected chi connectivity index (χ2v) is 9.20. The summed E-state index contributed by atoms with van der Waals surface area (Å²) in [4.78, 5) is 7.92. The first-order valence-corrected chi connectivity index (χ1v) is 11.7. The Morgan fingerprint density at radius 2 is 1.77 bits per heavy atom. The number of rotatable bonds is 6. The number of sulfonamides is 1. The summed E-state index contributed by atoms with van der Waals surface area (Å²) in [7, 11) is -3.29. The highest BCUT2D eigenvalue weighted by Crippen LogP contribution is 2.30. The van der Waals surface area contributed by atoms with Crippen molar-refractivity contribution in [2.75, 3.05) is 11.0 Å². The van der Waals surface area contributed by atoms with Crippen molar-refractivity contribution in [1.82, 2.24) is 9.97 Å². The molecule has 0 aliphatic carbocycles. The van der Waals surface area contributed by atoms with E-state index in [0.717, 1.165) is 39.5 Å². The maximum atomic E-state index is 11.3. The Kier molecular flexibility index (Phi) is 5.63. The van der Waals surface area contributed by atoms with Gasteiger partial charge in [-0.25, -0.2) is 13.4 Å². The van der Waals surface area contributed by atoms with Gasteiger partial charge < -0.3 is 10.1 Å². The molecule has 0 bridgehead atoms. The van der Waals surface area contributed by atoms with E-state index < -0.39 is 16.1 Å². The van der Waals surface area contributed by atoms with Crippen molar-refractivity contribution in [3.05, 3.63) is 83.7 Å². The lowest BCUT2D eigenvalue weighted by Gasteiger charge is -2.11. The number of nitrogens with zero attached hydrogens (tertiary/aromatic N) is 1. The number of aliphatic hydroxyl groups is 1. The summed E-state index contributed by atoms with van der Waals surface area (Å²) in [6.07, 6.45) is 4.36. The van der Waals surface area contributed by atoms with Crippen LogP contribution in [0.15, 0.2) is 66.7 Å². The van der Waals surface area contributed by atoms with Crippen LogP contribution in [0.5, 0.6) is 0 Å². The molecule has 0 saturated heterocycles. The van der Waals surface area contributed by atoms with Crippen LogP contribution in [0.2, 0.25) is 0 Å². The summed E-state index contributed by atoms with van der Waals surface area (Å²) in [6.45, 7) is 1.76. The monoisotopic (exact) mass is 433 g/mol. The number of benzene rings is 3. The SMILES string of the molecule is CC(O)c1ccccc1-c1ccc2nc(/C=C/c3ccc(NS(C)(=O)=O)cc3)[nH]c2c1. The number of hydrogen-bond donors (Lipinski definition) is 3. The minimum atomic E-state index is -3.29. The number of H-pyrrole nitrogens is 1. The van der Waals surface area contributed by atoms with Crippen LogP contribution in [-0.4, -0.2) is 29.7 Å². The fraction of sp³-hybridized carbons (Fsp3) is 0.125. The Morgan fingerprint density at radius 3 is 2.48 bits per heavy atom. The Balaban J connectivity index is 1.58. The van der Waals surface area contributed by atoms with E-state index in [1.807, 2.05) is 66.7 Å². The fourth-order valence-corrected chi connectivity index (χ4v) is 4.02. The van der Waals surface area contributed by atoms with Gasteiger partial charge in [0, 0.05) is 5.69 Å². The molecule has 0 saturated carbocycles. The van der Waals surface area contributed by atoms with Gasteiger partial charge in [-0.15, -0.1) is 0 Å². The number of aromatic amines is 1. The molecule has 31 heavy (non-hydrogen) atoms. The van der Waals surface area contributed by atoms with E-state index in [0.29, 0.717) is 11.5 Å². The minimum Gasteiger partial charge on any atom is -0.389 e. The van der Waals surface area contributed by atoms with Gasteiger partial charge >= 0.3 is 0 Å². The Bertz CT molecular complexity index is 1350. The zero-order valence-electron chi connectivity index (χ0n) is 17.2.